The van der Waals surface area contributed by atoms with Crippen molar-refractivity contribution in [3.05, 3.63) is 22.4 Å². The minimum absolute atomic E-state index is 0.0719. The van der Waals surface area contributed by atoms with Crippen LogP contribution < -0.4 is 10.6 Å². The lowest BCUT2D eigenvalue weighted by molar-refractivity contribution is -0.126. The van der Waals surface area contributed by atoms with Crippen molar-refractivity contribution in [2.24, 2.45) is 0 Å². The Kier molecular flexibility index (Phi) is 6.32. The SMILES string of the molecule is CCCNC(=O)CNC(=O)CCc1ccsc1. The summed E-state index contributed by atoms with van der Waals surface area (Å²) in [6.45, 7) is 2.71. The zero-order valence-corrected chi connectivity index (χ0v) is 10.8. The van der Waals surface area contributed by atoms with Gasteiger partial charge in [-0.15, -0.1) is 0 Å². The molecule has 0 aliphatic heterocycles. The minimum Gasteiger partial charge on any atom is -0.355 e. The van der Waals surface area contributed by atoms with Crippen LogP contribution in [0.2, 0.25) is 0 Å². The van der Waals surface area contributed by atoms with Gasteiger partial charge in [0.05, 0.1) is 6.54 Å². The lowest BCUT2D eigenvalue weighted by Gasteiger charge is -2.05. The number of aryl methyl sites for hydroxylation is 1. The third kappa shape index (κ3) is 6.06. The summed E-state index contributed by atoms with van der Waals surface area (Å²) in [4.78, 5) is 22.6. The van der Waals surface area contributed by atoms with Crippen molar-refractivity contribution in [3.63, 3.8) is 0 Å². The molecule has 0 saturated carbocycles. The average Bonchev–Trinajstić information content (AvgIpc) is 2.84. The zero-order chi connectivity index (χ0) is 12.5. The van der Waals surface area contributed by atoms with E-state index in [1.54, 1.807) is 11.3 Å². The second-order valence-electron chi connectivity index (χ2n) is 3.76. The fourth-order valence-electron chi connectivity index (χ4n) is 1.29. The molecule has 2 amide bonds. The molecule has 0 radical (unpaired) electrons. The lowest BCUT2D eigenvalue weighted by atomic mass is 10.2. The van der Waals surface area contributed by atoms with Crippen molar-refractivity contribution < 1.29 is 9.59 Å². The molecule has 2 N–H and O–H groups in total. The Morgan fingerprint density at radius 1 is 1.29 bits per heavy atom. The van der Waals surface area contributed by atoms with Gasteiger partial charge in [0.25, 0.3) is 0 Å². The summed E-state index contributed by atoms with van der Waals surface area (Å²) in [5.41, 5.74) is 1.17. The maximum Gasteiger partial charge on any atom is 0.239 e. The minimum atomic E-state index is -0.129. The van der Waals surface area contributed by atoms with Gasteiger partial charge < -0.3 is 10.6 Å². The highest BCUT2D eigenvalue weighted by molar-refractivity contribution is 7.07. The first kappa shape index (κ1) is 13.7. The highest BCUT2D eigenvalue weighted by Crippen LogP contribution is 2.07. The van der Waals surface area contributed by atoms with Crippen LogP contribution in [0.1, 0.15) is 25.3 Å². The molecule has 0 aliphatic carbocycles. The molecule has 4 nitrogen and oxygen atoms in total. The molecule has 0 unspecified atom stereocenters. The van der Waals surface area contributed by atoms with E-state index in [-0.39, 0.29) is 18.4 Å². The van der Waals surface area contributed by atoms with Crippen molar-refractivity contribution >= 4 is 23.2 Å². The van der Waals surface area contributed by atoms with E-state index >= 15 is 0 Å². The van der Waals surface area contributed by atoms with Crippen LogP contribution in [-0.2, 0) is 16.0 Å². The number of nitrogens with one attached hydrogen (secondary N) is 2. The maximum atomic E-state index is 11.4. The van der Waals surface area contributed by atoms with E-state index in [4.69, 9.17) is 0 Å². The topological polar surface area (TPSA) is 58.2 Å². The van der Waals surface area contributed by atoms with Crippen LogP contribution in [0.5, 0.6) is 0 Å². The lowest BCUT2D eigenvalue weighted by Crippen LogP contribution is -2.37. The third-order valence-corrected chi connectivity index (χ3v) is 2.97. The molecule has 0 fully saturated rings. The summed E-state index contributed by atoms with van der Waals surface area (Å²) in [6, 6.07) is 2.01. The van der Waals surface area contributed by atoms with Gasteiger partial charge >= 0.3 is 0 Å². The van der Waals surface area contributed by atoms with Crippen LogP contribution in [-0.4, -0.2) is 24.9 Å². The largest absolute Gasteiger partial charge is 0.355 e. The molecule has 94 valence electrons. The first-order valence-corrected chi connectivity index (χ1v) is 6.71. The van der Waals surface area contributed by atoms with E-state index in [2.05, 4.69) is 10.6 Å². The highest BCUT2D eigenvalue weighted by Gasteiger charge is 2.05. The van der Waals surface area contributed by atoms with Crippen molar-refractivity contribution in [3.8, 4) is 0 Å². The van der Waals surface area contributed by atoms with Gasteiger partial charge in [0.15, 0.2) is 0 Å². The standard InChI is InChI=1S/C12H18N2O2S/c1-2-6-13-12(16)8-14-11(15)4-3-10-5-7-17-9-10/h5,7,9H,2-4,6,8H2,1H3,(H,13,16)(H,14,15). The summed E-state index contributed by atoms with van der Waals surface area (Å²) in [5.74, 6) is -0.210. The van der Waals surface area contributed by atoms with Gasteiger partial charge in [0.1, 0.15) is 0 Å². The molecule has 1 aromatic heterocycles. The van der Waals surface area contributed by atoms with Gasteiger partial charge in [-0.2, -0.15) is 11.3 Å². The number of carbonyl (C=O) groups excluding carboxylic acids is 2. The quantitative estimate of drug-likeness (QED) is 0.771. The Labute approximate surface area is 105 Å². The van der Waals surface area contributed by atoms with Gasteiger partial charge in [-0.05, 0) is 35.2 Å². The molecular weight excluding hydrogens is 236 g/mol. The highest BCUT2D eigenvalue weighted by atomic mass is 32.1. The molecule has 0 atom stereocenters. The van der Waals surface area contributed by atoms with E-state index in [1.165, 1.54) is 5.56 Å². The number of carbonyl (C=O) groups is 2. The van der Waals surface area contributed by atoms with E-state index in [0.717, 1.165) is 12.8 Å². The molecule has 0 spiro atoms. The number of hydrogen-bond donors (Lipinski definition) is 2. The van der Waals surface area contributed by atoms with Gasteiger partial charge in [-0.3, -0.25) is 9.59 Å². The molecule has 0 bridgehead atoms. The van der Waals surface area contributed by atoms with E-state index in [9.17, 15) is 9.59 Å². The second-order valence-corrected chi connectivity index (χ2v) is 4.54. The van der Waals surface area contributed by atoms with Crippen LogP contribution in [0.4, 0.5) is 0 Å². The van der Waals surface area contributed by atoms with Crippen molar-refractivity contribution in [1.29, 1.82) is 0 Å². The summed E-state index contributed by atoms with van der Waals surface area (Å²) in [6.07, 6.45) is 2.06. The molecule has 5 heteroatoms. The van der Waals surface area contributed by atoms with E-state index in [1.807, 2.05) is 23.8 Å². The maximum absolute atomic E-state index is 11.4. The summed E-state index contributed by atoms with van der Waals surface area (Å²) in [5, 5.41) is 9.33. The number of amides is 2. The van der Waals surface area contributed by atoms with E-state index in [0.29, 0.717) is 13.0 Å². The summed E-state index contributed by atoms with van der Waals surface area (Å²) >= 11 is 1.62. The molecule has 1 rings (SSSR count). The summed E-state index contributed by atoms with van der Waals surface area (Å²) < 4.78 is 0. The average molecular weight is 254 g/mol. The Morgan fingerprint density at radius 2 is 2.12 bits per heavy atom. The third-order valence-electron chi connectivity index (χ3n) is 2.24. The van der Waals surface area contributed by atoms with Gasteiger partial charge in [-0.1, -0.05) is 6.92 Å². The molecule has 0 aliphatic rings. The number of hydrogen-bond acceptors (Lipinski definition) is 3. The molecule has 1 aromatic rings. The van der Waals surface area contributed by atoms with Crippen LogP contribution in [0, 0.1) is 0 Å². The fraction of sp³-hybridized carbons (Fsp3) is 0.500. The molecule has 0 aromatic carbocycles. The molecule has 17 heavy (non-hydrogen) atoms. The Hall–Kier alpha value is -1.36. The number of thiophene rings is 1. The first-order chi connectivity index (χ1) is 8.22. The normalized spacial score (nSPS) is 9.94. The van der Waals surface area contributed by atoms with Crippen molar-refractivity contribution in [2.75, 3.05) is 13.1 Å². The van der Waals surface area contributed by atoms with Crippen LogP contribution >= 0.6 is 11.3 Å². The first-order valence-electron chi connectivity index (χ1n) is 5.77. The second kappa shape index (κ2) is 7.84. The Balaban J connectivity index is 2.11. The van der Waals surface area contributed by atoms with Crippen molar-refractivity contribution in [2.45, 2.75) is 26.2 Å². The summed E-state index contributed by atoms with van der Waals surface area (Å²) in [7, 11) is 0. The van der Waals surface area contributed by atoms with Gasteiger partial charge in [-0.25, -0.2) is 0 Å². The monoisotopic (exact) mass is 254 g/mol. The predicted molar refractivity (Wildman–Crippen MR) is 69.0 cm³/mol. The fourth-order valence-corrected chi connectivity index (χ4v) is 1.99. The predicted octanol–water partition coefficient (Wildman–Crippen LogP) is 1.32. The smallest absolute Gasteiger partial charge is 0.239 e. The van der Waals surface area contributed by atoms with Crippen LogP contribution in [0.25, 0.3) is 0 Å². The van der Waals surface area contributed by atoms with E-state index < -0.39 is 0 Å². The molecule has 1 heterocycles. The number of rotatable bonds is 7. The van der Waals surface area contributed by atoms with Crippen LogP contribution in [0.3, 0.4) is 0 Å². The van der Waals surface area contributed by atoms with Crippen molar-refractivity contribution in [1.82, 2.24) is 10.6 Å². The molecular formula is C12H18N2O2S. The van der Waals surface area contributed by atoms with Gasteiger partial charge in [0, 0.05) is 13.0 Å². The Morgan fingerprint density at radius 3 is 2.76 bits per heavy atom. The van der Waals surface area contributed by atoms with Crippen LogP contribution in [0.15, 0.2) is 16.8 Å². The van der Waals surface area contributed by atoms with Gasteiger partial charge in [0.2, 0.25) is 11.8 Å². The molecule has 0 saturated heterocycles. The zero-order valence-electron chi connectivity index (χ0n) is 9.99. The Bertz CT molecular complexity index is 349.